The fourth-order valence-corrected chi connectivity index (χ4v) is 14.8. The molecule has 11 heteroatoms. The highest BCUT2D eigenvalue weighted by Crippen LogP contribution is 2.43. The predicted octanol–water partition coefficient (Wildman–Crippen LogP) is 8.43. The van der Waals surface area contributed by atoms with Crippen LogP contribution in [0, 0.1) is 6.92 Å². The second-order valence-corrected chi connectivity index (χ2v) is 23.2. The van der Waals surface area contributed by atoms with Gasteiger partial charge in [0.15, 0.2) is 9.84 Å². The van der Waals surface area contributed by atoms with E-state index in [1.165, 1.54) is 25.7 Å². The quantitative estimate of drug-likeness (QED) is 0.0815. The zero-order valence-electron chi connectivity index (χ0n) is 33.4. The standard InChI is InChI=1S/C41H69N3O6SSi/c1-9-10-11-12-13-14-24-43-41(46)44-26-22-39(23-27-44)51(47,48)38-18-15-35(16-19-38)21-25-42-29-36(45)30-49-37-17-20-40(34(8)28-37)50-52(31(2)3,32(4)5)33(6)7/h15-20,28,31-33,36,39,42,45H,9-14,21-27,29-30H2,1-8H3,(H,43,46)/t36-/m0/s1. The molecule has 294 valence electrons. The van der Waals surface area contributed by atoms with Crippen molar-refractivity contribution in [1.82, 2.24) is 15.5 Å². The van der Waals surface area contributed by atoms with Crippen LogP contribution in [0.1, 0.15) is 111 Å². The number of carbonyl (C=O) groups is 1. The highest BCUT2D eigenvalue weighted by molar-refractivity contribution is 7.92. The van der Waals surface area contributed by atoms with Crippen LogP contribution in [0.15, 0.2) is 47.4 Å². The van der Waals surface area contributed by atoms with E-state index in [0.29, 0.717) is 79.3 Å². The Kier molecular flexibility index (Phi) is 18.0. The number of amides is 2. The van der Waals surface area contributed by atoms with Crippen molar-refractivity contribution in [2.75, 3.05) is 39.3 Å². The number of nitrogens with one attached hydrogen (secondary N) is 2. The van der Waals surface area contributed by atoms with Crippen LogP contribution in [0.25, 0.3) is 0 Å². The molecule has 1 aliphatic heterocycles. The summed E-state index contributed by atoms with van der Waals surface area (Å²) in [5.74, 6) is 1.63. The number of aliphatic hydroxyl groups is 1. The minimum atomic E-state index is -3.48. The van der Waals surface area contributed by atoms with Crippen molar-refractivity contribution in [3.8, 4) is 11.5 Å². The monoisotopic (exact) mass is 759 g/mol. The fraction of sp³-hybridized carbons (Fsp3) is 0.683. The molecule has 0 saturated carbocycles. The zero-order valence-corrected chi connectivity index (χ0v) is 35.2. The number of urea groups is 1. The molecule has 1 atom stereocenters. The number of nitrogens with zero attached hydrogens (tertiary/aromatic N) is 1. The van der Waals surface area contributed by atoms with E-state index in [0.717, 1.165) is 29.7 Å². The molecule has 0 spiro atoms. The topological polar surface area (TPSA) is 117 Å². The van der Waals surface area contributed by atoms with Crippen molar-refractivity contribution in [1.29, 1.82) is 0 Å². The molecular weight excluding hydrogens is 691 g/mol. The number of unbranched alkanes of at least 4 members (excludes halogenated alkanes) is 5. The molecule has 0 unspecified atom stereocenters. The Morgan fingerprint density at radius 3 is 2.12 bits per heavy atom. The van der Waals surface area contributed by atoms with Gasteiger partial charge in [0.05, 0.1) is 10.1 Å². The smallest absolute Gasteiger partial charge is 0.317 e. The summed E-state index contributed by atoms with van der Waals surface area (Å²) in [4.78, 5) is 14.7. The van der Waals surface area contributed by atoms with Crippen molar-refractivity contribution in [2.45, 2.75) is 146 Å². The predicted molar refractivity (Wildman–Crippen MR) is 216 cm³/mol. The lowest BCUT2D eigenvalue weighted by molar-refractivity contribution is 0.106. The van der Waals surface area contributed by atoms with Crippen LogP contribution in [0.3, 0.4) is 0 Å². The van der Waals surface area contributed by atoms with Crippen LogP contribution in [-0.2, 0) is 16.3 Å². The summed E-state index contributed by atoms with van der Waals surface area (Å²) in [7, 11) is -5.53. The highest BCUT2D eigenvalue weighted by atomic mass is 32.2. The number of rotatable bonds is 22. The first-order valence-corrected chi connectivity index (χ1v) is 23.6. The highest BCUT2D eigenvalue weighted by Gasteiger charge is 2.47. The van der Waals surface area contributed by atoms with Gasteiger partial charge in [-0.25, -0.2) is 13.2 Å². The van der Waals surface area contributed by atoms with Gasteiger partial charge in [0.25, 0.3) is 8.32 Å². The maximum atomic E-state index is 13.4. The number of carbonyl (C=O) groups excluding carboxylic acids is 1. The summed E-state index contributed by atoms with van der Waals surface area (Å²) in [6.45, 7) is 20.7. The second-order valence-electron chi connectivity index (χ2n) is 15.6. The molecule has 3 N–H and O–H groups in total. The number of likely N-dealkylation sites (tertiary alicyclic amines) is 1. The molecule has 0 bridgehead atoms. The number of aliphatic hydroxyl groups excluding tert-OH is 1. The molecule has 52 heavy (non-hydrogen) atoms. The van der Waals surface area contributed by atoms with Gasteiger partial charge >= 0.3 is 6.03 Å². The van der Waals surface area contributed by atoms with Gasteiger partial charge in [-0.05, 0) is 97.2 Å². The maximum Gasteiger partial charge on any atom is 0.317 e. The summed E-state index contributed by atoms with van der Waals surface area (Å²) in [5, 5.41) is 16.3. The molecule has 1 saturated heterocycles. The molecule has 2 aromatic carbocycles. The Hall–Kier alpha value is -2.60. The number of piperidine rings is 1. The van der Waals surface area contributed by atoms with Gasteiger partial charge in [-0.1, -0.05) is 92.7 Å². The third-order valence-electron chi connectivity index (χ3n) is 10.8. The fourth-order valence-electron chi connectivity index (χ4n) is 7.74. The Balaban J connectivity index is 1.37. The lowest BCUT2D eigenvalue weighted by Crippen LogP contribution is -2.50. The van der Waals surface area contributed by atoms with Crippen LogP contribution < -0.4 is 19.8 Å². The lowest BCUT2D eigenvalue weighted by Gasteiger charge is -2.42. The van der Waals surface area contributed by atoms with Crippen molar-refractivity contribution in [3.63, 3.8) is 0 Å². The normalized spacial score (nSPS) is 15.0. The summed E-state index contributed by atoms with van der Waals surface area (Å²) in [5.41, 5.74) is 3.52. The van der Waals surface area contributed by atoms with E-state index in [4.69, 9.17) is 9.16 Å². The third kappa shape index (κ3) is 12.5. The van der Waals surface area contributed by atoms with E-state index < -0.39 is 29.5 Å². The van der Waals surface area contributed by atoms with Gasteiger partial charge in [0.1, 0.15) is 24.2 Å². The summed E-state index contributed by atoms with van der Waals surface area (Å²) < 4.78 is 39.5. The largest absolute Gasteiger partial charge is 0.543 e. The van der Waals surface area contributed by atoms with Gasteiger partial charge in [-0.15, -0.1) is 0 Å². The van der Waals surface area contributed by atoms with E-state index in [1.54, 1.807) is 17.0 Å². The van der Waals surface area contributed by atoms with Crippen LogP contribution in [0.4, 0.5) is 4.79 Å². The first-order valence-electron chi connectivity index (χ1n) is 19.9. The number of hydrogen-bond acceptors (Lipinski definition) is 7. The molecule has 1 aliphatic rings. The number of ether oxygens (including phenoxy) is 1. The Bertz CT molecular complexity index is 1440. The van der Waals surface area contributed by atoms with E-state index in [9.17, 15) is 18.3 Å². The number of benzene rings is 2. The first kappa shape index (κ1) is 43.8. The van der Waals surface area contributed by atoms with E-state index in [2.05, 4.69) is 59.1 Å². The van der Waals surface area contributed by atoms with Crippen LogP contribution in [0.5, 0.6) is 11.5 Å². The van der Waals surface area contributed by atoms with Gasteiger partial charge in [-0.2, -0.15) is 0 Å². The van der Waals surface area contributed by atoms with E-state index in [1.807, 2.05) is 37.3 Å². The van der Waals surface area contributed by atoms with E-state index in [-0.39, 0.29) is 12.6 Å². The summed E-state index contributed by atoms with van der Waals surface area (Å²) in [6, 6.07) is 12.9. The first-order chi connectivity index (χ1) is 24.7. The van der Waals surface area contributed by atoms with Gasteiger partial charge < -0.3 is 29.8 Å². The minimum Gasteiger partial charge on any atom is -0.543 e. The molecule has 9 nitrogen and oxygen atoms in total. The van der Waals surface area contributed by atoms with Crippen molar-refractivity contribution < 1.29 is 27.5 Å². The van der Waals surface area contributed by atoms with Crippen molar-refractivity contribution >= 4 is 24.2 Å². The van der Waals surface area contributed by atoms with E-state index >= 15 is 0 Å². The average Bonchev–Trinajstić information content (AvgIpc) is 3.11. The molecule has 1 fully saturated rings. The third-order valence-corrected chi connectivity index (χ3v) is 19.0. The molecule has 2 aromatic rings. The number of sulfone groups is 1. The molecular formula is C41H69N3O6SSi. The van der Waals surface area contributed by atoms with Crippen LogP contribution in [0.2, 0.25) is 16.6 Å². The molecule has 1 heterocycles. The summed E-state index contributed by atoms with van der Waals surface area (Å²) >= 11 is 0. The van der Waals surface area contributed by atoms with Gasteiger partial charge in [0, 0.05) is 26.2 Å². The Morgan fingerprint density at radius 1 is 0.904 bits per heavy atom. The second kappa shape index (κ2) is 21.3. The zero-order chi connectivity index (χ0) is 38.3. The van der Waals surface area contributed by atoms with Gasteiger partial charge in [-0.3, -0.25) is 0 Å². The Labute approximate surface area is 316 Å². The number of hydrogen-bond donors (Lipinski definition) is 3. The van der Waals surface area contributed by atoms with Crippen molar-refractivity contribution in [2.24, 2.45) is 0 Å². The molecule has 0 radical (unpaired) electrons. The Morgan fingerprint density at radius 2 is 1.52 bits per heavy atom. The average molecular weight is 760 g/mol. The molecule has 2 amide bonds. The summed E-state index contributed by atoms with van der Waals surface area (Å²) in [6.07, 6.45) is 7.96. The maximum absolute atomic E-state index is 13.4. The van der Waals surface area contributed by atoms with Crippen molar-refractivity contribution in [3.05, 3.63) is 53.6 Å². The SMILES string of the molecule is CCCCCCCCNC(=O)N1CCC(S(=O)(=O)c2ccc(CCNC[C@H](O)COc3ccc(O[Si](C(C)C)(C(C)C)C(C)C)c(C)c3)cc2)CC1. The molecule has 3 rings (SSSR count). The minimum absolute atomic E-state index is 0.0872. The molecule has 0 aromatic heterocycles. The van der Waals surface area contributed by atoms with Crippen LogP contribution >= 0.6 is 0 Å². The van der Waals surface area contributed by atoms with Gasteiger partial charge in [0.2, 0.25) is 0 Å². The van der Waals surface area contributed by atoms with Crippen LogP contribution in [-0.4, -0.2) is 83.5 Å². The lowest BCUT2D eigenvalue weighted by atomic mass is 10.1. The number of aryl methyl sites for hydroxylation is 1. The molecule has 0 aliphatic carbocycles.